The third-order valence-electron chi connectivity index (χ3n) is 5.18. The Balaban J connectivity index is 1.41. The molecule has 0 unspecified atom stereocenters. The molecule has 1 fully saturated rings. The van der Waals surface area contributed by atoms with Crippen LogP contribution in [0.5, 0.6) is 0 Å². The standard InChI is InChI=1S/C22H25N5O4S2/c28-19(24-25-20(29)18-7-3-14-32-18)15-33-22-23-17-6-2-1-5-16(17)21(30)27(22)9-4-8-26-10-12-31-13-11-26/h1-3,5-7,14H,4,8-13,15H2,(H,24,28)(H,25,29). The Hall–Kier alpha value is -2.73. The van der Waals surface area contributed by atoms with Gasteiger partial charge in [-0.25, -0.2) is 4.98 Å². The van der Waals surface area contributed by atoms with Gasteiger partial charge in [0.1, 0.15) is 0 Å². The lowest BCUT2D eigenvalue weighted by atomic mass is 10.2. The van der Waals surface area contributed by atoms with Crippen molar-refractivity contribution in [3.8, 4) is 0 Å². The normalized spacial score (nSPS) is 14.3. The van der Waals surface area contributed by atoms with Crippen LogP contribution in [0.3, 0.4) is 0 Å². The Morgan fingerprint density at radius 2 is 1.91 bits per heavy atom. The van der Waals surface area contributed by atoms with Crippen molar-refractivity contribution in [3.05, 3.63) is 57.0 Å². The van der Waals surface area contributed by atoms with E-state index in [1.807, 2.05) is 12.1 Å². The first-order valence-corrected chi connectivity index (χ1v) is 12.5. The van der Waals surface area contributed by atoms with Crippen LogP contribution in [0.15, 0.2) is 51.7 Å². The van der Waals surface area contributed by atoms with E-state index in [1.165, 1.54) is 23.1 Å². The number of benzene rings is 1. The van der Waals surface area contributed by atoms with Gasteiger partial charge in [0.25, 0.3) is 11.5 Å². The number of morpholine rings is 1. The summed E-state index contributed by atoms with van der Waals surface area (Å²) in [4.78, 5) is 44.9. The second-order valence-electron chi connectivity index (χ2n) is 7.44. The summed E-state index contributed by atoms with van der Waals surface area (Å²) in [6.45, 7) is 4.62. The monoisotopic (exact) mass is 487 g/mol. The zero-order valence-electron chi connectivity index (χ0n) is 18.0. The van der Waals surface area contributed by atoms with E-state index in [2.05, 4.69) is 20.7 Å². The molecule has 1 aliphatic heterocycles. The van der Waals surface area contributed by atoms with E-state index in [4.69, 9.17) is 4.74 Å². The van der Waals surface area contributed by atoms with Crippen LogP contribution in [0.1, 0.15) is 16.1 Å². The van der Waals surface area contributed by atoms with Gasteiger partial charge in [-0.3, -0.25) is 34.7 Å². The maximum atomic E-state index is 13.1. The van der Waals surface area contributed by atoms with Gasteiger partial charge >= 0.3 is 0 Å². The van der Waals surface area contributed by atoms with E-state index in [1.54, 1.807) is 34.2 Å². The van der Waals surface area contributed by atoms with Crippen LogP contribution in [-0.2, 0) is 16.1 Å². The molecule has 0 atom stereocenters. The highest BCUT2D eigenvalue weighted by Gasteiger charge is 2.15. The Morgan fingerprint density at radius 3 is 2.70 bits per heavy atom. The van der Waals surface area contributed by atoms with Crippen molar-refractivity contribution in [3.63, 3.8) is 0 Å². The molecule has 9 nitrogen and oxygen atoms in total. The van der Waals surface area contributed by atoms with Crippen LogP contribution in [0.25, 0.3) is 10.9 Å². The van der Waals surface area contributed by atoms with Crippen LogP contribution < -0.4 is 16.4 Å². The number of hydrogen-bond acceptors (Lipinski definition) is 8. The van der Waals surface area contributed by atoms with Crippen molar-refractivity contribution in [2.45, 2.75) is 18.1 Å². The van der Waals surface area contributed by atoms with Gasteiger partial charge in [-0.05, 0) is 30.0 Å². The Morgan fingerprint density at radius 1 is 1.09 bits per heavy atom. The number of thioether (sulfide) groups is 1. The Bertz CT molecular complexity index is 1160. The van der Waals surface area contributed by atoms with Crippen molar-refractivity contribution >= 4 is 45.8 Å². The summed E-state index contributed by atoms with van der Waals surface area (Å²) in [5.41, 5.74) is 5.30. The highest BCUT2D eigenvalue weighted by atomic mass is 32.2. The van der Waals surface area contributed by atoms with Gasteiger partial charge < -0.3 is 4.74 Å². The number of para-hydroxylation sites is 1. The van der Waals surface area contributed by atoms with Crippen LogP contribution in [0.2, 0.25) is 0 Å². The number of hydrogen-bond donors (Lipinski definition) is 2. The zero-order valence-corrected chi connectivity index (χ0v) is 19.6. The fourth-order valence-corrected chi connectivity index (χ4v) is 4.94. The van der Waals surface area contributed by atoms with Crippen molar-refractivity contribution in [1.82, 2.24) is 25.3 Å². The Kier molecular flexibility index (Phi) is 8.10. The summed E-state index contributed by atoms with van der Waals surface area (Å²) in [6.07, 6.45) is 0.788. The molecule has 4 rings (SSSR count). The lowest BCUT2D eigenvalue weighted by Gasteiger charge is -2.26. The van der Waals surface area contributed by atoms with Crippen LogP contribution >= 0.6 is 23.1 Å². The lowest BCUT2D eigenvalue weighted by molar-refractivity contribution is -0.119. The molecule has 3 aromatic rings. The molecule has 0 radical (unpaired) electrons. The van der Waals surface area contributed by atoms with Gasteiger partial charge in [-0.1, -0.05) is 30.0 Å². The van der Waals surface area contributed by atoms with Crippen LogP contribution in [-0.4, -0.2) is 64.9 Å². The number of ether oxygens (including phenoxy) is 1. The number of aromatic nitrogens is 2. The first-order chi connectivity index (χ1) is 16.1. The fourth-order valence-electron chi connectivity index (χ4n) is 3.49. The van der Waals surface area contributed by atoms with E-state index in [-0.39, 0.29) is 23.1 Å². The number of thiophene rings is 1. The maximum Gasteiger partial charge on any atom is 0.279 e. The molecule has 0 spiro atoms. The third kappa shape index (κ3) is 6.20. The summed E-state index contributed by atoms with van der Waals surface area (Å²) in [6, 6.07) is 10.7. The minimum absolute atomic E-state index is 0.0129. The van der Waals surface area contributed by atoms with Crippen LogP contribution in [0, 0.1) is 0 Å². The van der Waals surface area contributed by atoms with E-state index < -0.39 is 0 Å². The van der Waals surface area contributed by atoms with Gasteiger partial charge in [-0.2, -0.15) is 0 Å². The predicted octanol–water partition coefficient (Wildman–Crippen LogP) is 1.73. The van der Waals surface area contributed by atoms with Gasteiger partial charge in [-0.15, -0.1) is 11.3 Å². The number of rotatable bonds is 8. The highest BCUT2D eigenvalue weighted by molar-refractivity contribution is 7.99. The molecule has 2 amide bonds. The highest BCUT2D eigenvalue weighted by Crippen LogP contribution is 2.18. The minimum Gasteiger partial charge on any atom is -0.379 e. The SMILES string of the molecule is O=C(CSc1nc2ccccc2c(=O)n1CCCN1CCOCC1)NNC(=O)c1cccs1. The molecule has 2 N–H and O–H groups in total. The molecule has 1 saturated heterocycles. The van der Waals surface area contributed by atoms with Gasteiger partial charge in [0.15, 0.2) is 5.16 Å². The van der Waals surface area contributed by atoms with E-state index >= 15 is 0 Å². The molecule has 0 saturated carbocycles. The predicted molar refractivity (Wildman–Crippen MR) is 129 cm³/mol. The molecule has 1 aliphatic rings. The molecule has 11 heteroatoms. The van der Waals surface area contributed by atoms with E-state index in [0.29, 0.717) is 27.5 Å². The average molecular weight is 488 g/mol. The van der Waals surface area contributed by atoms with Gasteiger partial charge in [0.2, 0.25) is 5.91 Å². The number of amides is 2. The third-order valence-corrected chi connectivity index (χ3v) is 7.02. The largest absolute Gasteiger partial charge is 0.379 e. The summed E-state index contributed by atoms with van der Waals surface area (Å²) < 4.78 is 7.03. The second-order valence-corrected chi connectivity index (χ2v) is 9.33. The number of hydrazine groups is 1. The molecule has 174 valence electrons. The van der Waals surface area contributed by atoms with Crippen molar-refractivity contribution in [1.29, 1.82) is 0 Å². The van der Waals surface area contributed by atoms with Crippen molar-refractivity contribution in [2.24, 2.45) is 0 Å². The summed E-state index contributed by atoms with van der Waals surface area (Å²) >= 11 is 2.47. The minimum atomic E-state index is -0.382. The smallest absolute Gasteiger partial charge is 0.279 e. The first-order valence-electron chi connectivity index (χ1n) is 10.7. The molecule has 0 bridgehead atoms. The molecular weight excluding hydrogens is 462 g/mol. The first kappa shape index (κ1) is 23.4. The van der Waals surface area contributed by atoms with Crippen LogP contribution in [0.4, 0.5) is 0 Å². The van der Waals surface area contributed by atoms with Crippen molar-refractivity contribution < 1.29 is 14.3 Å². The number of carbonyl (C=O) groups is 2. The molecule has 0 aliphatic carbocycles. The second kappa shape index (κ2) is 11.4. The topological polar surface area (TPSA) is 106 Å². The maximum absolute atomic E-state index is 13.1. The molecule has 3 heterocycles. The molecule has 33 heavy (non-hydrogen) atoms. The molecular formula is C22H25N5O4S2. The molecule has 1 aromatic carbocycles. The van der Waals surface area contributed by atoms with E-state index in [9.17, 15) is 14.4 Å². The fraction of sp³-hybridized carbons (Fsp3) is 0.364. The number of nitrogens with one attached hydrogen (secondary N) is 2. The summed E-state index contributed by atoms with van der Waals surface area (Å²) in [7, 11) is 0. The van der Waals surface area contributed by atoms with Gasteiger partial charge in [0.05, 0.1) is 34.7 Å². The number of nitrogens with zero attached hydrogens (tertiary/aromatic N) is 3. The quantitative estimate of drug-likeness (QED) is 0.283. The average Bonchev–Trinajstić information content (AvgIpc) is 3.39. The molecule has 2 aromatic heterocycles. The van der Waals surface area contributed by atoms with E-state index in [0.717, 1.165) is 39.3 Å². The summed E-state index contributed by atoms with van der Waals surface area (Å²) in [5.74, 6) is -0.738. The zero-order chi connectivity index (χ0) is 23.0. The lowest BCUT2D eigenvalue weighted by Crippen LogP contribution is -2.42. The number of fused-ring (bicyclic) bond motifs is 1. The summed E-state index contributed by atoms with van der Waals surface area (Å²) in [5, 5.41) is 2.83. The van der Waals surface area contributed by atoms with Crippen molar-refractivity contribution in [2.75, 3.05) is 38.6 Å². The number of carbonyl (C=O) groups excluding carboxylic acids is 2. The Labute approximate surface area is 199 Å². The van der Waals surface area contributed by atoms with Gasteiger partial charge in [0, 0.05) is 26.2 Å².